The normalized spacial score (nSPS) is 16.5. The van der Waals surface area contributed by atoms with Gasteiger partial charge in [-0.3, -0.25) is 4.79 Å². The first kappa shape index (κ1) is 17.4. The maximum Gasteiger partial charge on any atom is 0.317 e. The van der Waals surface area contributed by atoms with Crippen molar-refractivity contribution in [2.24, 2.45) is 0 Å². The molecule has 1 aromatic carbocycles. The van der Waals surface area contributed by atoms with Gasteiger partial charge in [0.2, 0.25) is 12.7 Å². The number of carbonyl (C=O) groups excluding carboxylic acids is 2. The van der Waals surface area contributed by atoms with Gasteiger partial charge in [0, 0.05) is 32.7 Å². The smallest absolute Gasteiger partial charge is 0.317 e. The molecule has 0 atom stereocenters. The van der Waals surface area contributed by atoms with Crippen LogP contribution in [0.5, 0.6) is 11.5 Å². The number of hydrogen-bond acceptors (Lipinski definition) is 4. The van der Waals surface area contributed by atoms with E-state index in [0.717, 1.165) is 24.2 Å². The monoisotopic (exact) mass is 347 g/mol. The molecular weight excluding hydrogens is 322 g/mol. The molecule has 0 aliphatic carbocycles. The summed E-state index contributed by atoms with van der Waals surface area (Å²) in [5.74, 6) is 1.49. The van der Waals surface area contributed by atoms with E-state index in [2.05, 4.69) is 5.32 Å². The second kappa shape index (κ2) is 8.09. The molecule has 1 saturated heterocycles. The summed E-state index contributed by atoms with van der Waals surface area (Å²) < 4.78 is 10.7. The second-order valence-electron chi connectivity index (χ2n) is 6.32. The molecule has 0 aromatic heterocycles. The fourth-order valence-corrected chi connectivity index (χ4v) is 3.05. The van der Waals surface area contributed by atoms with Gasteiger partial charge < -0.3 is 24.6 Å². The highest BCUT2D eigenvalue weighted by Crippen LogP contribution is 2.32. The third-order valence-electron chi connectivity index (χ3n) is 4.45. The number of rotatable bonds is 4. The number of fused-ring (bicyclic) bond motifs is 1. The van der Waals surface area contributed by atoms with E-state index in [1.54, 1.807) is 4.90 Å². The van der Waals surface area contributed by atoms with Gasteiger partial charge in [-0.1, -0.05) is 13.0 Å². The van der Waals surface area contributed by atoms with Crippen molar-refractivity contribution in [2.45, 2.75) is 26.2 Å². The average Bonchev–Trinajstić information content (AvgIpc) is 2.93. The van der Waals surface area contributed by atoms with Gasteiger partial charge in [0.25, 0.3) is 0 Å². The predicted molar refractivity (Wildman–Crippen MR) is 92.7 cm³/mol. The van der Waals surface area contributed by atoms with E-state index in [0.29, 0.717) is 44.9 Å². The summed E-state index contributed by atoms with van der Waals surface area (Å²) in [6.07, 6.45) is 2.05. The standard InChI is InChI=1S/C18H25N3O4/c1-2-6-19-18(23)21-8-3-7-20(9-10-21)17(22)12-14-4-5-15-16(11-14)25-13-24-15/h4-5,11H,2-3,6-10,12-13H2,1H3,(H,19,23). The number of hydrogen-bond donors (Lipinski definition) is 1. The highest BCUT2D eigenvalue weighted by molar-refractivity contribution is 5.79. The highest BCUT2D eigenvalue weighted by Gasteiger charge is 2.22. The van der Waals surface area contributed by atoms with Crippen LogP contribution in [0.2, 0.25) is 0 Å². The quantitative estimate of drug-likeness (QED) is 0.898. The first-order chi connectivity index (χ1) is 12.2. The van der Waals surface area contributed by atoms with Gasteiger partial charge in [-0.15, -0.1) is 0 Å². The molecule has 2 heterocycles. The molecule has 0 bridgehead atoms. The molecule has 0 spiro atoms. The molecule has 1 N–H and O–H groups in total. The van der Waals surface area contributed by atoms with Gasteiger partial charge >= 0.3 is 6.03 Å². The van der Waals surface area contributed by atoms with Gasteiger partial charge in [0.1, 0.15) is 0 Å². The fraction of sp³-hybridized carbons (Fsp3) is 0.556. The Morgan fingerprint density at radius 2 is 1.84 bits per heavy atom. The van der Waals surface area contributed by atoms with E-state index in [1.807, 2.05) is 30.0 Å². The van der Waals surface area contributed by atoms with Crippen molar-refractivity contribution in [1.29, 1.82) is 0 Å². The van der Waals surface area contributed by atoms with Crippen LogP contribution in [0, 0.1) is 0 Å². The second-order valence-corrected chi connectivity index (χ2v) is 6.32. The Morgan fingerprint density at radius 1 is 1.08 bits per heavy atom. The third-order valence-corrected chi connectivity index (χ3v) is 4.45. The van der Waals surface area contributed by atoms with E-state index in [1.165, 1.54) is 0 Å². The fourth-order valence-electron chi connectivity index (χ4n) is 3.05. The van der Waals surface area contributed by atoms with Crippen LogP contribution in [0.1, 0.15) is 25.3 Å². The maximum absolute atomic E-state index is 12.6. The van der Waals surface area contributed by atoms with Crippen molar-refractivity contribution in [3.8, 4) is 11.5 Å². The van der Waals surface area contributed by atoms with E-state index in [9.17, 15) is 9.59 Å². The summed E-state index contributed by atoms with van der Waals surface area (Å²) in [5.41, 5.74) is 0.913. The molecule has 136 valence electrons. The van der Waals surface area contributed by atoms with Crippen molar-refractivity contribution in [3.63, 3.8) is 0 Å². The molecule has 0 saturated carbocycles. The molecule has 25 heavy (non-hydrogen) atoms. The van der Waals surface area contributed by atoms with Crippen LogP contribution in [-0.2, 0) is 11.2 Å². The summed E-state index contributed by atoms with van der Waals surface area (Å²) in [5, 5.41) is 2.90. The Hall–Kier alpha value is -2.44. The van der Waals surface area contributed by atoms with Crippen molar-refractivity contribution in [1.82, 2.24) is 15.1 Å². The van der Waals surface area contributed by atoms with Crippen LogP contribution >= 0.6 is 0 Å². The van der Waals surface area contributed by atoms with Gasteiger partial charge in [-0.05, 0) is 30.5 Å². The number of nitrogens with one attached hydrogen (secondary N) is 1. The minimum atomic E-state index is -0.0353. The summed E-state index contributed by atoms with van der Waals surface area (Å²) in [6, 6.07) is 5.57. The van der Waals surface area contributed by atoms with E-state index in [-0.39, 0.29) is 18.7 Å². The first-order valence-corrected chi connectivity index (χ1v) is 8.86. The van der Waals surface area contributed by atoms with Crippen molar-refractivity contribution in [3.05, 3.63) is 23.8 Å². The molecule has 0 radical (unpaired) electrons. The topological polar surface area (TPSA) is 71.1 Å². The van der Waals surface area contributed by atoms with E-state index in [4.69, 9.17) is 9.47 Å². The van der Waals surface area contributed by atoms with Crippen LogP contribution < -0.4 is 14.8 Å². The van der Waals surface area contributed by atoms with Crippen LogP contribution in [-0.4, -0.2) is 61.3 Å². The van der Waals surface area contributed by atoms with Crippen molar-refractivity contribution < 1.29 is 19.1 Å². The van der Waals surface area contributed by atoms with E-state index >= 15 is 0 Å². The number of nitrogens with zero attached hydrogens (tertiary/aromatic N) is 2. The molecular formula is C18H25N3O4. The zero-order valence-electron chi connectivity index (χ0n) is 14.6. The number of ether oxygens (including phenoxy) is 2. The van der Waals surface area contributed by atoms with Gasteiger partial charge in [0.15, 0.2) is 11.5 Å². The first-order valence-electron chi connectivity index (χ1n) is 8.86. The van der Waals surface area contributed by atoms with Gasteiger partial charge in [-0.25, -0.2) is 4.79 Å². The summed E-state index contributed by atoms with van der Waals surface area (Å²) in [7, 11) is 0. The third kappa shape index (κ3) is 4.35. The number of benzene rings is 1. The lowest BCUT2D eigenvalue weighted by Gasteiger charge is -2.22. The predicted octanol–water partition coefficient (Wildman–Crippen LogP) is 1.61. The summed E-state index contributed by atoms with van der Waals surface area (Å²) in [6.45, 7) is 5.45. The molecule has 1 fully saturated rings. The minimum absolute atomic E-state index is 0.0353. The molecule has 2 aliphatic heterocycles. The molecule has 7 nitrogen and oxygen atoms in total. The molecule has 7 heteroatoms. The molecule has 2 aliphatic rings. The molecule has 3 amide bonds. The summed E-state index contributed by atoms with van der Waals surface area (Å²) in [4.78, 5) is 28.3. The van der Waals surface area contributed by atoms with Crippen molar-refractivity contribution >= 4 is 11.9 Å². The van der Waals surface area contributed by atoms with Crippen LogP contribution in [0.15, 0.2) is 18.2 Å². The number of carbonyl (C=O) groups is 2. The van der Waals surface area contributed by atoms with Crippen LogP contribution in [0.25, 0.3) is 0 Å². The Morgan fingerprint density at radius 3 is 2.68 bits per heavy atom. The molecule has 1 aromatic rings. The zero-order valence-corrected chi connectivity index (χ0v) is 14.6. The summed E-state index contributed by atoms with van der Waals surface area (Å²) >= 11 is 0. The molecule has 3 rings (SSSR count). The Labute approximate surface area is 147 Å². The zero-order chi connectivity index (χ0) is 17.6. The lowest BCUT2D eigenvalue weighted by molar-refractivity contribution is -0.130. The lowest BCUT2D eigenvalue weighted by atomic mass is 10.1. The number of urea groups is 1. The molecule has 0 unspecified atom stereocenters. The maximum atomic E-state index is 12.6. The largest absolute Gasteiger partial charge is 0.454 e. The minimum Gasteiger partial charge on any atom is -0.454 e. The number of amides is 3. The highest BCUT2D eigenvalue weighted by atomic mass is 16.7. The Balaban J connectivity index is 1.53. The Kier molecular flexibility index (Phi) is 5.63. The van der Waals surface area contributed by atoms with Crippen LogP contribution in [0.4, 0.5) is 4.79 Å². The van der Waals surface area contributed by atoms with Crippen molar-refractivity contribution in [2.75, 3.05) is 39.5 Å². The SMILES string of the molecule is CCCNC(=O)N1CCCN(C(=O)Cc2ccc3c(c2)OCO3)CC1. The lowest BCUT2D eigenvalue weighted by Crippen LogP contribution is -2.43. The average molecular weight is 347 g/mol. The Bertz CT molecular complexity index is 635. The van der Waals surface area contributed by atoms with Gasteiger partial charge in [-0.2, -0.15) is 0 Å². The van der Waals surface area contributed by atoms with Crippen LogP contribution in [0.3, 0.4) is 0 Å². The van der Waals surface area contributed by atoms with Gasteiger partial charge in [0.05, 0.1) is 6.42 Å². The van der Waals surface area contributed by atoms with E-state index < -0.39 is 0 Å².